The lowest BCUT2D eigenvalue weighted by Gasteiger charge is -2.07. The molecule has 0 atom stereocenters. The molecule has 0 unspecified atom stereocenters. The average molecular weight is 207 g/mol. The molecule has 0 aliphatic carbocycles. The zero-order valence-corrected chi connectivity index (χ0v) is 8.63. The van der Waals surface area contributed by atoms with Crippen LogP contribution in [0.4, 0.5) is 11.4 Å². The van der Waals surface area contributed by atoms with Gasteiger partial charge in [0.15, 0.2) is 0 Å². The summed E-state index contributed by atoms with van der Waals surface area (Å²) in [6, 6.07) is 4.76. The van der Waals surface area contributed by atoms with E-state index in [1.165, 1.54) is 20.0 Å². The Balaban J connectivity index is 3.05. The quantitative estimate of drug-likeness (QED) is 0.620. The number of carbonyl (C=O) groups is 2. The van der Waals surface area contributed by atoms with Crippen LogP contribution >= 0.6 is 0 Å². The molecule has 0 saturated carbocycles. The van der Waals surface area contributed by atoms with Gasteiger partial charge in [-0.15, -0.1) is 0 Å². The van der Waals surface area contributed by atoms with E-state index in [9.17, 15) is 9.59 Å². The van der Waals surface area contributed by atoms with E-state index < -0.39 is 0 Å². The van der Waals surface area contributed by atoms with Gasteiger partial charge in [0.1, 0.15) is 0 Å². The summed E-state index contributed by atoms with van der Waals surface area (Å²) in [5, 5.41) is 5.05. The highest BCUT2D eigenvalue weighted by molar-refractivity contribution is 6.01. The molecule has 0 aromatic heterocycles. The first-order valence-electron chi connectivity index (χ1n) is 4.43. The zero-order chi connectivity index (χ0) is 11.4. The van der Waals surface area contributed by atoms with E-state index in [2.05, 4.69) is 10.6 Å². The Hall–Kier alpha value is -2.04. The molecule has 1 aromatic carbocycles. The maximum atomic E-state index is 11.4. The van der Waals surface area contributed by atoms with E-state index in [1.807, 2.05) is 0 Å². The van der Waals surface area contributed by atoms with Crippen LogP contribution in [-0.4, -0.2) is 18.9 Å². The average Bonchev–Trinajstić information content (AvgIpc) is 2.19. The van der Waals surface area contributed by atoms with E-state index in [1.54, 1.807) is 12.1 Å². The van der Waals surface area contributed by atoms with Crippen molar-refractivity contribution in [3.8, 4) is 0 Å². The minimum Gasteiger partial charge on any atom is -0.398 e. The first-order valence-corrected chi connectivity index (χ1v) is 4.43. The largest absolute Gasteiger partial charge is 0.398 e. The van der Waals surface area contributed by atoms with Crippen LogP contribution in [0.1, 0.15) is 17.3 Å². The van der Waals surface area contributed by atoms with Gasteiger partial charge in [-0.3, -0.25) is 9.59 Å². The first kappa shape index (κ1) is 11.0. The number of hydrogen-bond donors (Lipinski definition) is 3. The van der Waals surface area contributed by atoms with Crippen LogP contribution in [0.15, 0.2) is 18.2 Å². The SMILES string of the molecule is CNC(=O)c1cc(NC(C)=O)ccc1N. The summed E-state index contributed by atoms with van der Waals surface area (Å²) in [6.07, 6.45) is 0. The second-order valence-electron chi connectivity index (χ2n) is 3.06. The molecular formula is C10H13N3O2. The second kappa shape index (κ2) is 4.45. The maximum absolute atomic E-state index is 11.4. The number of rotatable bonds is 2. The number of hydrogen-bond acceptors (Lipinski definition) is 3. The highest BCUT2D eigenvalue weighted by Gasteiger charge is 2.08. The lowest BCUT2D eigenvalue weighted by atomic mass is 10.1. The van der Waals surface area contributed by atoms with Crippen LogP contribution < -0.4 is 16.4 Å². The van der Waals surface area contributed by atoms with E-state index in [-0.39, 0.29) is 11.8 Å². The number of carbonyl (C=O) groups excluding carboxylic acids is 2. The van der Waals surface area contributed by atoms with E-state index >= 15 is 0 Å². The molecule has 0 heterocycles. The third-order valence-corrected chi connectivity index (χ3v) is 1.85. The Labute approximate surface area is 87.7 Å². The normalized spacial score (nSPS) is 9.47. The smallest absolute Gasteiger partial charge is 0.253 e. The molecule has 0 aliphatic heterocycles. The predicted molar refractivity (Wildman–Crippen MR) is 58.5 cm³/mol. The van der Waals surface area contributed by atoms with Gasteiger partial charge in [-0.05, 0) is 18.2 Å². The minimum atomic E-state index is -0.278. The van der Waals surface area contributed by atoms with Crippen molar-refractivity contribution in [2.24, 2.45) is 0 Å². The number of nitrogen functional groups attached to an aromatic ring is 1. The molecule has 0 bridgehead atoms. The van der Waals surface area contributed by atoms with Gasteiger partial charge in [0, 0.05) is 25.3 Å². The lowest BCUT2D eigenvalue weighted by molar-refractivity contribution is -0.114. The van der Waals surface area contributed by atoms with Crippen molar-refractivity contribution >= 4 is 23.2 Å². The standard InChI is InChI=1S/C10H13N3O2/c1-6(14)13-7-3-4-9(11)8(5-7)10(15)12-2/h3-5H,11H2,1-2H3,(H,12,15)(H,13,14). The number of nitrogens with two attached hydrogens (primary N) is 1. The third kappa shape index (κ3) is 2.70. The number of amides is 2. The molecule has 5 heteroatoms. The summed E-state index contributed by atoms with van der Waals surface area (Å²) in [4.78, 5) is 22.2. The van der Waals surface area contributed by atoms with Crippen molar-refractivity contribution in [3.05, 3.63) is 23.8 Å². The summed E-state index contributed by atoms with van der Waals surface area (Å²) in [7, 11) is 1.52. The van der Waals surface area contributed by atoms with Crippen molar-refractivity contribution in [1.29, 1.82) is 0 Å². The fraction of sp³-hybridized carbons (Fsp3) is 0.200. The van der Waals surface area contributed by atoms with Crippen molar-refractivity contribution in [3.63, 3.8) is 0 Å². The molecule has 0 radical (unpaired) electrons. The van der Waals surface area contributed by atoms with Gasteiger partial charge in [-0.25, -0.2) is 0 Å². The Morgan fingerprint density at radius 2 is 2.00 bits per heavy atom. The Kier molecular flexibility index (Phi) is 3.28. The van der Waals surface area contributed by atoms with Gasteiger partial charge in [0.2, 0.25) is 5.91 Å². The van der Waals surface area contributed by atoms with Gasteiger partial charge in [-0.2, -0.15) is 0 Å². The van der Waals surface area contributed by atoms with Gasteiger partial charge >= 0.3 is 0 Å². The van der Waals surface area contributed by atoms with Gasteiger partial charge in [-0.1, -0.05) is 0 Å². The van der Waals surface area contributed by atoms with Crippen LogP contribution in [0.2, 0.25) is 0 Å². The molecule has 5 nitrogen and oxygen atoms in total. The van der Waals surface area contributed by atoms with E-state index in [0.29, 0.717) is 16.9 Å². The molecule has 0 saturated heterocycles. The van der Waals surface area contributed by atoms with Crippen LogP contribution in [-0.2, 0) is 4.79 Å². The molecular weight excluding hydrogens is 194 g/mol. The highest BCUT2D eigenvalue weighted by atomic mass is 16.2. The maximum Gasteiger partial charge on any atom is 0.253 e. The molecule has 1 aromatic rings. The Bertz CT molecular complexity index is 402. The van der Waals surface area contributed by atoms with Crippen LogP contribution in [0.5, 0.6) is 0 Å². The minimum absolute atomic E-state index is 0.192. The summed E-state index contributed by atoms with van der Waals surface area (Å²) < 4.78 is 0. The predicted octanol–water partition coefficient (Wildman–Crippen LogP) is 0.587. The number of benzene rings is 1. The zero-order valence-electron chi connectivity index (χ0n) is 8.63. The van der Waals surface area contributed by atoms with Crippen LogP contribution in [0.25, 0.3) is 0 Å². The monoisotopic (exact) mass is 207 g/mol. The Morgan fingerprint density at radius 3 is 2.53 bits per heavy atom. The first-order chi connectivity index (χ1) is 7.04. The van der Waals surface area contributed by atoms with Gasteiger partial charge in [0.05, 0.1) is 5.56 Å². The number of anilines is 2. The molecule has 2 amide bonds. The summed E-state index contributed by atoms with van der Waals surface area (Å²) in [5.41, 5.74) is 6.90. The second-order valence-corrected chi connectivity index (χ2v) is 3.06. The molecule has 0 spiro atoms. The topological polar surface area (TPSA) is 84.2 Å². The summed E-state index contributed by atoms with van der Waals surface area (Å²) in [5.74, 6) is -0.470. The van der Waals surface area contributed by atoms with Crippen molar-refractivity contribution in [1.82, 2.24) is 5.32 Å². The van der Waals surface area contributed by atoms with E-state index in [4.69, 9.17) is 5.73 Å². The molecule has 0 aliphatic rings. The molecule has 80 valence electrons. The highest BCUT2D eigenvalue weighted by Crippen LogP contribution is 2.17. The summed E-state index contributed by atoms with van der Waals surface area (Å²) in [6.45, 7) is 1.40. The fourth-order valence-corrected chi connectivity index (χ4v) is 1.17. The lowest BCUT2D eigenvalue weighted by Crippen LogP contribution is -2.19. The van der Waals surface area contributed by atoms with Crippen molar-refractivity contribution in [2.75, 3.05) is 18.1 Å². The summed E-state index contributed by atoms with van der Waals surface area (Å²) >= 11 is 0. The van der Waals surface area contributed by atoms with Crippen LogP contribution in [0.3, 0.4) is 0 Å². The third-order valence-electron chi connectivity index (χ3n) is 1.85. The molecule has 4 N–H and O–H groups in total. The molecule has 1 rings (SSSR count). The number of nitrogens with one attached hydrogen (secondary N) is 2. The molecule has 15 heavy (non-hydrogen) atoms. The molecule has 0 fully saturated rings. The fourth-order valence-electron chi connectivity index (χ4n) is 1.17. The van der Waals surface area contributed by atoms with Crippen LogP contribution in [0, 0.1) is 0 Å². The Morgan fingerprint density at radius 1 is 1.33 bits per heavy atom. The van der Waals surface area contributed by atoms with E-state index in [0.717, 1.165) is 0 Å². The van der Waals surface area contributed by atoms with Crippen molar-refractivity contribution in [2.45, 2.75) is 6.92 Å². The van der Waals surface area contributed by atoms with Gasteiger partial charge < -0.3 is 16.4 Å². The van der Waals surface area contributed by atoms with Crippen molar-refractivity contribution < 1.29 is 9.59 Å². The van der Waals surface area contributed by atoms with Gasteiger partial charge in [0.25, 0.3) is 5.91 Å².